The molecule has 6 nitrogen and oxygen atoms in total. The van der Waals surface area contributed by atoms with Gasteiger partial charge in [0.1, 0.15) is 0 Å². The van der Waals surface area contributed by atoms with Crippen LogP contribution in [0.25, 0.3) is 11.3 Å². The van der Waals surface area contributed by atoms with Crippen molar-refractivity contribution >= 4 is 21.8 Å². The van der Waals surface area contributed by atoms with Crippen molar-refractivity contribution in [3.05, 3.63) is 58.8 Å². The minimum atomic E-state index is -0.276. The minimum absolute atomic E-state index is 0.261. The maximum atomic E-state index is 11.9. The van der Waals surface area contributed by atoms with Gasteiger partial charge in [0.15, 0.2) is 10.4 Å². The van der Waals surface area contributed by atoms with Gasteiger partial charge in [-0.15, -0.1) is 0 Å². The van der Waals surface area contributed by atoms with Crippen LogP contribution in [0.1, 0.15) is 16.2 Å². The van der Waals surface area contributed by atoms with Crippen LogP contribution in [0.3, 0.4) is 0 Å². The van der Waals surface area contributed by atoms with Gasteiger partial charge in [0.25, 0.3) is 5.91 Å². The third-order valence-corrected chi connectivity index (χ3v) is 3.56. The Morgan fingerprint density at radius 2 is 2.09 bits per heavy atom. The molecule has 0 bridgehead atoms. The highest BCUT2D eigenvalue weighted by Crippen LogP contribution is 2.19. The topological polar surface area (TPSA) is 73.0 Å². The third kappa shape index (κ3) is 3.09. The lowest BCUT2D eigenvalue weighted by molar-refractivity contribution is 0.0921. The van der Waals surface area contributed by atoms with Crippen molar-refractivity contribution in [2.24, 2.45) is 7.05 Å². The van der Waals surface area contributed by atoms with Crippen LogP contribution in [0.2, 0.25) is 0 Å². The summed E-state index contributed by atoms with van der Waals surface area (Å²) >= 11 is 3.17. The van der Waals surface area contributed by atoms with Crippen molar-refractivity contribution in [2.45, 2.75) is 6.54 Å². The van der Waals surface area contributed by atoms with E-state index in [1.54, 1.807) is 29.2 Å². The first-order valence-corrected chi connectivity index (χ1v) is 7.39. The van der Waals surface area contributed by atoms with Gasteiger partial charge in [0, 0.05) is 25.0 Å². The summed E-state index contributed by atoms with van der Waals surface area (Å²) in [5, 5.41) is 7.18. The standard InChI is InChI=1S/C15H13BrN4O2/c1-20-12(10-4-6-17-7-5-10)8-11(19-20)9-18-15(21)13-2-3-14(16)22-13/h2-8H,9H2,1H3,(H,18,21). The first-order chi connectivity index (χ1) is 10.6. The van der Waals surface area contributed by atoms with E-state index in [1.807, 2.05) is 25.2 Å². The molecule has 7 heteroatoms. The van der Waals surface area contributed by atoms with Crippen molar-refractivity contribution in [3.8, 4) is 11.3 Å². The highest BCUT2D eigenvalue weighted by molar-refractivity contribution is 9.10. The maximum absolute atomic E-state index is 11.9. The molecule has 3 rings (SSSR count). The molecule has 1 amide bonds. The highest BCUT2D eigenvalue weighted by atomic mass is 79.9. The fourth-order valence-electron chi connectivity index (χ4n) is 2.10. The van der Waals surface area contributed by atoms with Gasteiger partial charge in [-0.25, -0.2) is 0 Å². The average molecular weight is 361 g/mol. The van der Waals surface area contributed by atoms with Gasteiger partial charge in [-0.1, -0.05) is 0 Å². The Balaban J connectivity index is 1.70. The molecule has 0 unspecified atom stereocenters. The number of nitrogens with one attached hydrogen (secondary N) is 1. The van der Waals surface area contributed by atoms with Gasteiger partial charge in [-0.3, -0.25) is 14.5 Å². The summed E-state index contributed by atoms with van der Waals surface area (Å²) in [4.78, 5) is 15.9. The summed E-state index contributed by atoms with van der Waals surface area (Å²) < 4.78 is 7.51. The fourth-order valence-corrected chi connectivity index (χ4v) is 2.41. The monoisotopic (exact) mass is 360 g/mol. The zero-order valence-corrected chi connectivity index (χ0v) is 13.4. The molecule has 0 fully saturated rings. The van der Waals surface area contributed by atoms with Crippen molar-refractivity contribution in [1.82, 2.24) is 20.1 Å². The van der Waals surface area contributed by atoms with Gasteiger partial charge >= 0.3 is 0 Å². The lowest BCUT2D eigenvalue weighted by atomic mass is 10.2. The number of hydrogen-bond acceptors (Lipinski definition) is 4. The second kappa shape index (κ2) is 6.15. The molecular weight excluding hydrogens is 348 g/mol. The largest absolute Gasteiger partial charge is 0.444 e. The summed E-state index contributed by atoms with van der Waals surface area (Å²) in [6.45, 7) is 0.329. The molecule has 0 saturated carbocycles. The number of nitrogens with zero attached hydrogens (tertiary/aromatic N) is 3. The van der Waals surface area contributed by atoms with E-state index in [1.165, 1.54) is 0 Å². The van der Waals surface area contributed by atoms with Crippen molar-refractivity contribution in [1.29, 1.82) is 0 Å². The number of carbonyl (C=O) groups is 1. The molecule has 0 radical (unpaired) electrons. The van der Waals surface area contributed by atoms with Crippen LogP contribution in [0.15, 0.2) is 51.8 Å². The van der Waals surface area contributed by atoms with Gasteiger partial charge in [0.05, 0.1) is 17.9 Å². The molecule has 0 spiro atoms. The molecule has 112 valence electrons. The Bertz CT molecular complexity index is 795. The SMILES string of the molecule is Cn1nc(CNC(=O)c2ccc(Br)o2)cc1-c1ccncc1. The van der Waals surface area contributed by atoms with E-state index in [9.17, 15) is 4.79 Å². The lowest BCUT2D eigenvalue weighted by Crippen LogP contribution is -2.22. The molecule has 0 aromatic carbocycles. The quantitative estimate of drug-likeness (QED) is 0.776. The van der Waals surface area contributed by atoms with Gasteiger partial charge in [-0.05, 0) is 46.3 Å². The number of rotatable bonds is 4. The Kier molecular flexibility index (Phi) is 4.06. The van der Waals surface area contributed by atoms with Gasteiger partial charge < -0.3 is 9.73 Å². The predicted octanol–water partition coefficient (Wildman–Crippen LogP) is 2.77. The number of halogens is 1. The fraction of sp³-hybridized carbons (Fsp3) is 0.133. The zero-order valence-electron chi connectivity index (χ0n) is 11.8. The Morgan fingerprint density at radius 3 is 2.77 bits per heavy atom. The summed E-state index contributed by atoms with van der Waals surface area (Å²) in [6, 6.07) is 9.06. The van der Waals surface area contributed by atoms with E-state index in [2.05, 4.69) is 31.3 Å². The van der Waals surface area contributed by atoms with Crippen molar-refractivity contribution in [3.63, 3.8) is 0 Å². The second-order valence-electron chi connectivity index (χ2n) is 4.67. The molecule has 3 aromatic rings. The average Bonchev–Trinajstić information content (AvgIpc) is 3.12. The number of amides is 1. The highest BCUT2D eigenvalue weighted by Gasteiger charge is 2.12. The van der Waals surface area contributed by atoms with E-state index in [0.29, 0.717) is 11.2 Å². The van der Waals surface area contributed by atoms with Crippen LogP contribution in [0.5, 0.6) is 0 Å². The van der Waals surface area contributed by atoms with Crippen molar-refractivity contribution < 1.29 is 9.21 Å². The second-order valence-corrected chi connectivity index (χ2v) is 5.45. The normalized spacial score (nSPS) is 10.6. The third-order valence-electron chi connectivity index (χ3n) is 3.13. The number of aryl methyl sites for hydroxylation is 1. The smallest absolute Gasteiger partial charge is 0.287 e. The molecule has 0 aliphatic carbocycles. The van der Waals surface area contributed by atoms with E-state index in [-0.39, 0.29) is 11.7 Å². The molecule has 1 N–H and O–H groups in total. The van der Waals surface area contributed by atoms with E-state index >= 15 is 0 Å². The summed E-state index contributed by atoms with van der Waals surface area (Å²) in [5.41, 5.74) is 2.76. The first-order valence-electron chi connectivity index (χ1n) is 6.60. The lowest BCUT2D eigenvalue weighted by Gasteiger charge is -1.99. The molecular formula is C15H13BrN4O2. The molecule has 0 saturated heterocycles. The molecule has 3 aromatic heterocycles. The van der Waals surface area contributed by atoms with E-state index in [4.69, 9.17) is 4.42 Å². The molecule has 0 atom stereocenters. The number of pyridine rings is 1. The van der Waals surface area contributed by atoms with Crippen LogP contribution < -0.4 is 5.32 Å². The zero-order chi connectivity index (χ0) is 15.5. The maximum Gasteiger partial charge on any atom is 0.287 e. The molecule has 3 heterocycles. The Morgan fingerprint density at radius 1 is 1.32 bits per heavy atom. The summed E-state index contributed by atoms with van der Waals surface area (Å²) in [7, 11) is 1.87. The summed E-state index contributed by atoms with van der Waals surface area (Å²) in [5.74, 6) is -0.0148. The van der Waals surface area contributed by atoms with Gasteiger partial charge in [0.2, 0.25) is 0 Å². The van der Waals surface area contributed by atoms with Crippen LogP contribution in [-0.4, -0.2) is 20.7 Å². The summed E-state index contributed by atoms with van der Waals surface area (Å²) in [6.07, 6.45) is 3.47. The number of aromatic nitrogens is 3. The van der Waals surface area contributed by atoms with Crippen molar-refractivity contribution in [2.75, 3.05) is 0 Å². The number of carbonyl (C=O) groups excluding carboxylic acids is 1. The van der Waals surface area contributed by atoms with E-state index < -0.39 is 0 Å². The Labute approximate surface area is 135 Å². The van der Waals surface area contributed by atoms with E-state index in [0.717, 1.165) is 17.0 Å². The number of furan rings is 1. The predicted molar refractivity (Wildman–Crippen MR) is 84.0 cm³/mol. The van der Waals surface area contributed by atoms with Crippen LogP contribution in [0, 0.1) is 0 Å². The molecule has 0 aliphatic heterocycles. The first kappa shape index (κ1) is 14.5. The van der Waals surface area contributed by atoms with Crippen LogP contribution in [0.4, 0.5) is 0 Å². The molecule has 0 aliphatic rings. The van der Waals surface area contributed by atoms with Gasteiger partial charge in [-0.2, -0.15) is 5.10 Å². The Hall–Kier alpha value is -2.41. The number of hydrogen-bond donors (Lipinski definition) is 1. The van der Waals surface area contributed by atoms with Crippen LogP contribution >= 0.6 is 15.9 Å². The van der Waals surface area contributed by atoms with Crippen LogP contribution in [-0.2, 0) is 13.6 Å². The molecule has 22 heavy (non-hydrogen) atoms. The minimum Gasteiger partial charge on any atom is -0.444 e.